The van der Waals surface area contributed by atoms with Crippen LogP contribution in [0.15, 0.2) is 146 Å². The minimum Gasteiger partial charge on any atom is -0.358 e. The third-order valence-corrected chi connectivity index (χ3v) is 10.1. The van der Waals surface area contributed by atoms with E-state index in [4.69, 9.17) is 15.0 Å². The summed E-state index contributed by atoms with van der Waals surface area (Å²) in [5.41, 5.74) is 12.7. The van der Waals surface area contributed by atoms with E-state index in [1.165, 1.54) is 0 Å². The molecule has 8 nitrogen and oxygen atoms in total. The Bertz CT molecular complexity index is 3390. The number of para-hydroxylation sites is 7. The van der Waals surface area contributed by atoms with Crippen LogP contribution in [-0.4, -0.2) is 37.5 Å². The normalized spacial score (nSPS) is 12.1. The molecule has 0 bridgehead atoms. The van der Waals surface area contributed by atoms with Crippen LogP contribution in [0.3, 0.4) is 0 Å². The van der Waals surface area contributed by atoms with Crippen LogP contribution in [0, 0.1) is 12.1 Å². The van der Waals surface area contributed by atoms with Crippen molar-refractivity contribution in [2.24, 2.45) is 0 Å². The fourth-order valence-corrected chi connectivity index (χ4v) is 8.01. The van der Waals surface area contributed by atoms with Crippen molar-refractivity contribution in [1.82, 2.24) is 37.5 Å². The Hall–Kier alpha value is -6.50. The van der Waals surface area contributed by atoms with Gasteiger partial charge >= 0.3 is 21.1 Å². The smallest absolute Gasteiger partial charge is 0.358 e. The van der Waals surface area contributed by atoms with Gasteiger partial charge in [-0.3, -0.25) is 13.4 Å². The van der Waals surface area contributed by atoms with Gasteiger partial charge in [-0.2, -0.15) is 12.1 Å². The van der Waals surface area contributed by atoms with Crippen molar-refractivity contribution < 1.29 is 21.1 Å². The largest absolute Gasteiger partial charge is 2.00 e. The van der Waals surface area contributed by atoms with Gasteiger partial charge in [-0.15, -0.1) is 35.7 Å². The number of aromatic nitrogens is 8. The Morgan fingerprint density at radius 1 is 0.404 bits per heavy atom. The standard InChI is InChI=1S/C43H24N8.Pt/c1-4-16-34-30(13-1)31-23-22-29(49-41-39(21-10-24-44-41)51-36-18-6-3-15-33(36)46-43(49)51)26-40(31)47(34)27-11-9-12-28(25-27)48-37-19-7-8-20-38(37)50-35-17-5-2-14-32(35)45-42(48)50;/h1-24H;/q-2;+2. The van der Waals surface area contributed by atoms with Crippen LogP contribution in [-0.2, 0) is 21.1 Å². The van der Waals surface area contributed by atoms with Gasteiger partial charge in [0, 0.05) is 11.7 Å². The monoisotopic (exact) mass is 847 g/mol. The molecule has 0 unspecified atom stereocenters. The third kappa shape index (κ3) is 3.82. The van der Waals surface area contributed by atoms with Gasteiger partial charge in [-0.1, -0.05) is 77.2 Å². The number of benzene rings is 6. The van der Waals surface area contributed by atoms with Gasteiger partial charge in [-0.25, -0.2) is 15.0 Å². The first-order valence-electron chi connectivity index (χ1n) is 16.9. The molecular weight excluding hydrogens is 824 g/mol. The number of pyridine rings is 1. The van der Waals surface area contributed by atoms with Crippen LogP contribution in [0.1, 0.15) is 0 Å². The molecule has 9 heteroatoms. The quantitative estimate of drug-likeness (QED) is 0.167. The summed E-state index contributed by atoms with van der Waals surface area (Å²) in [6, 6.07) is 55.9. The summed E-state index contributed by atoms with van der Waals surface area (Å²) < 4.78 is 11.0. The van der Waals surface area contributed by atoms with Crippen molar-refractivity contribution in [3.05, 3.63) is 158 Å². The summed E-state index contributed by atoms with van der Waals surface area (Å²) in [6.45, 7) is 0. The van der Waals surface area contributed by atoms with E-state index in [1.54, 1.807) is 0 Å². The number of fused-ring (bicyclic) bond motifs is 13. The van der Waals surface area contributed by atoms with Crippen molar-refractivity contribution in [3.8, 4) is 17.1 Å². The van der Waals surface area contributed by atoms with Gasteiger partial charge in [-0.05, 0) is 60.0 Å². The molecule has 0 N–H and O–H groups in total. The molecule has 6 heterocycles. The Labute approximate surface area is 309 Å². The van der Waals surface area contributed by atoms with E-state index in [2.05, 4.69) is 150 Å². The predicted octanol–water partition coefficient (Wildman–Crippen LogP) is 9.27. The average Bonchev–Trinajstić information content (AvgIpc) is 3.97. The molecule has 12 rings (SSSR count). The van der Waals surface area contributed by atoms with Gasteiger partial charge in [0.2, 0.25) is 11.6 Å². The van der Waals surface area contributed by atoms with E-state index in [-0.39, 0.29) is 21.1 Å². The van der Waals surface area contributed by atoms with Crippen molar-refractivity contribution in [3.63, 3.8) is 0 Å². The van der Waals surface area contributed by atoms with Gasteiger partial charge < -0.3 is 9.13 Å². The molecule has 52 heavy (non-hydrogen) atoms. The number of hydrogen-bond acceptors (Lipinski definition) is 3. The molecule has 0 aliphatic carbocycles. The maximum atomic E-state index is 5.10. The zero-order valence-electron chi connectivity index (χ0n) is 27.3. The second kappa shape index (κ2) is 10.8. The van der Waals surface area contributed by atoms with Gasteiger partial charge in [0.1, 0.15) is 0 Å². The predicted molar refractivity (Wildman–Crippen MR) is 202 cm³/mol. The van der Waals surface area contributed by atoms with Gasteiger partial charge in [0.05, 0.1) is 38.6 Å². The fourth-order valence-electron chi connectivity index (χ4n) is 8.01. The summed E-state index contributed by atoms with van der Waals surface area (Å²) in [7, 11) is 0. The van der Waals surface area contributed by atoms with E-state index in [9.17, 15) is 0 Å². The SMILES string of the molecule is [Pt+2].[c-]1c(-n2c3[c-]c(-n4c5ncccc5n5c6ccccc6nc45)ccc3c3ccccc32)cccc1-n1c2ccccc2n2c3ccccc3nc12. The maximum Gasteiger partial charge on any atom is 2.00 e. The average molecular weight is 848 g/mol. The maximum absolute atomic E-state index is 5.10. The van der Waals surface area contributed by atoms with Gasteiger partial charge in [0.25, 0.3) is 0 Å². The summed E-state index contributed by atoms with van der Waals surface area (Å²) in [5, 5.41) is 2.25. The summed E-state index contributed by atoms with van der Waals surface area (Å²) in [6.07, 6.45) is 1.83. The molecule has 0 amide bonds. The number of hydrogen-bond donors (Lipinski definition) is 0. The molecule has 0 atom stereocenters. The first kappa shape index (κ1) is 29.2. The molecule has 0 spiro atoms. The molecule has 0 saturated carbocycles. The zero-order chi connectivity index (χ0) is 33.2. The van der Waals surface area contributed by atoms with Crippen molar-refractivity contribution in [2.75, 3.05) is 0 Å². The molecular formula is C43H24N8Pt. The van der Waals surface area contributed by atoms with Crippen LogP contribution < -0.4 is 0 Å². The first-order valence-corrected chi connectivity index (χ1v) is 16.9. The van der Waals surface area contributed by atoms with Crippen LogP contribution in [0.25, 0.3) is 94.7 Å². The van der Waals surface area contributed by atoms with E-state index >= 15 is 0 Å². The van der Waals surface area contributed by atoms with E-state index < -0.39 is 0 Å². The Balaban J connectivity index is 0.00000320. The Kier molecular flexibility index (Phi) is 6.05. The molecule has 246 valence electrons. The van der Waals surface area contributed by atoms with Crippen LogP contribution >= 0.6 is 0 Å². The Morgan fingerprint density at radius 3 is 1.75 bits per heavy atom. The second-order valence-electron chi connectivity index (χ2n) is 12.9. The summed E-state index contributed by atoms with van der Waals surface area (Å²) in [5.74, 6) is 1.65. The van der Waals surface area contributed by atoms with E-state index in [0.717, 1.165) is 94.7 Å². The first-order chi connectivity index (χ1) is 25.3. The number of imidazole rings is 4. The van der Waals surface area contributed by atoms with Crippen molar-refractivity contribution >= 4 is 77.6 Å². The molecule has 0 radical (unpaired) electrons. The molecule has 0 saturated heterocycles. The topological polar surface area (TPSA) is 62.3 Å². The van der Waals surface area contributed by atoms with Crippen LogP contribution in [0.5, 0.6) is 0 Å². The van der Waals surface area contributed by atoms with E-state index in [0.29, 0.717) is 0 Å². The molecule has 0 aliphatic heterocycles. The number of rotatable bonds is 3. The van der Waals surface area contributed by atoms with Crippen LogP contribution in [0.4, 0.5) is 0 Å². The molecule has 6 aromatic heterocycles. The molecule has 6 aromatic carbocycles. The minimum absolute atomic E-state index is 0. The Morgan fingerprint density at radius 2 is 0.981 bits per heavy atom. The third-order valence-electron chi connectivity index (χ3n) is 10.1. The fraction of sp³-hybridized carbons (Fsp3) is 0. The molecule has 0 fully saturated rings. The minimum atomic E-state index is 0. The molecule has 0 aliphatic rings. The van der Waals surface area contributed by atoms with Crippen LogP contribution in [0.2, 0.25) is 0 Å². The second-order valence-corrected chi connectivity index (χ2v) is 12.9. The zero-order valence-corrected chi connectivity index (χ0v) is 29.5. The number of nitrogens with zero attached hydrogens (tertiary/aromatic N) is 8. The van der Waals surface area contributed by atoms with E-state index in [1.807, 2.05) is 30.5 Å². The van der Waals surface area contributed by atoms with Crippen molar-refractivity contribution in [2.45, 2.75) is 0 Å². The summed E-state index contributed by atoms with van der Waals surface area (Å²) >= 11 is 0. The molecule has 12 aromatic rings. The van der Waals surface area contributed by atoms with Crippen molar-refractivity contribution in [1.29, 1.82) is 0 Å². The van der Waals surface area contributed by atoms with Gasteiger partial charge in [0.15, 0.2) is 5.65 Å². The summed E-state index contributed by atoms with van der Waals surface area (Å²) in [4.78, 5) is 15.0.